The number of rotatable bonds is 7. The van der Waals surface area contributed by atoms with Crippen LogP contribution in [-0.4, -0.2) is 29.6 Å². The van der Waals surface area contributed by atoms with Crippen LogP contribution in [0.4, 0.5) is 4.79 Å². The lowest BCUT2D eigenvalue weighted by atomic mass is 10.2. The molecule has 0 aliphatic carbocycles. The number of nitrogens with zero attached hydrogens (tertiary/aromatic N) is 2. The van der Waals surface area contributed by atoms with Crippen LogP contribution in [0.5, 0.6) is 5.88 Å². The van der Waals surface area contributed by atoms with Crippen molar-refractivity contribution in [1.29, 1.82) is 0 Å². The molecular weight excluding hydrogens is 232 g/mol. The Morgan fingerprint density at radius 2 is 2.06 bits per heavy atom. The van der Waals surface area contributed by atoms with Crippen LogP contribution in [0.3, 0.4) is 0 Å². The predicted molar refractivity (Wildman–Crippen MR) is 69.0 cm³/mol. The van der Waals surface area contributed by atoms with Crippen molar-refractivity contribution in [3.8, 4) is 5.88 Å². The molecule has 1 heterocycles. The molecule has 5 nitrogen and oxygen atoms in total. The van der Waals surface area contributed by atoms with Crippen LogP contribution in [0.2, 0.25) is 0 Å². The standard InChI is InChI=1S/C13H22N2O3/c1-4-5-6-7-8-9-18-13(16)15-11(2)10-12(14-15)17-3/h10H,4-9H2,1-3H3. The molecule has 102 valence electrons. The van der Waals surface area contributed by atoms with E-state index in [4.69, 9.17) is 9.47 Å². The second kappa shape index (κ2) is 7.74. The molecule has 0 N–H and O–H groups in total. The SMILES string of the molecule is CCCCCCCOC(=O)n1nc(OC)cc1C. The van der Waals surface area contributed by atoms with Crippen molar-refractivity contribution in [1.82, 2.24) is 9.78 Å². The third-order valence-electron chi connectivity index (χ3n) is 2.72. The number of ether oxygens (including phenoxy) is 2. The molecule has 0 amide bonds. The topological polar surface area (TPSA) is 53.4 Å². The van der Waals surface area contributed by atoms with Crippen molar-refractivity contribution in [3.63, 3.8) is 0 Å². The van der Waals surface area contributed by atoms with Gasteiger partial charge in [0.1, 0.15) is 0 Å². The van der Waals surface area contributed by atoms with Gasteiger partial charge in [-0.2, -0.15) is 4.68 Å². The highest BCUT2D eigenvalue weighted by atomic mass is 16.6. The third kappa shape index (κ3) is 4.39. The summed E-state index contributed by atoms with van der Waals surface area (Å²) in [7, 11) is 1.52. The number of hydrogen-bond acceptors (Lipinski definition) is 4. The monoisotopic (exact) mass is 254 g/mol. The zero-order valence-corrected chi connectivity index (χ0v) is 11.4. The summed E-state index contributed by atoms with van der Waals surface area (Å²) in [5.41, 5.74) is 0.711. The van der Waals surface area contributed by atoms with E-state index in [0.717, 1.165) is 12.8 Å². The molecule has 18 heavy (non-hydrogen) atoms. The van der Waals surface area contributed by atoms with Crippen LogP contribution in [0, 0.1) is 6.92 Å². The molecule has 1 rings (SSSR count). The summed E-state index contributed by atoms with van der Waals surface area (Å²) in [4.78, 5) is 11.7. The molecule has 0 aromatic carbocycles. The van der Waals surface area contributed by atoms with Crippen molar-refractivity contribution < 1.29 is 14.3 Å². The first-order valence-corrected chi connectivity index (χ1v) is 6.46. The van der Waals surface area contributed by atoms with Gasteiger partial charge in [0.25, 0.3) is 0 Å². The summed E-state index contributed by atoms with van der Waals surface area (Å²) in [6.45, 7) is 4.41. The maximum absolute atomic E-state index is 11.7. The lowest BCUT2D eigenvalue weighted by molar-refractivity contribution is 0.141. The molecule has 0 aliphatic heterocycles. The van der Waals surface area contributed by atoms with E-state index in [1.807, 2.05) is 0 Å². The molecule has 5 heteroatoms. The van der Waals surface area contributed by atoms with Crippen molar-refractivity contribution in [2.24, 2.45) is 0 Å². The summed E-state index contributed by atoms with van der Waals surface area (Å²) in [5, 5.41) is 3.98. The van der Waals surface area contributed by atoms with Crippen molar-refractivity contribution in [2.45, 2.75) is 46.0 Å². The summed E-state index contributed by atoms with van der Waals surface area (Å²) >= 11 is 0. The summed E-state index contributed by atoms with van der Waals surface area (Å²) in [6, 6.07) is 1.70. The highest BCUT2D eigenvalue weighted by molar-refractivity contribution is 5.70. The van der Waals surface area contributed by atoms with Crippen molar-refractivity contribution in [2.75, 3.05) is 13.7 Å². The lowest BCUT2D eigenvalue weighted by Crippen LogP contribution is -2.17. The van der Waals surface area contributed by atoms with E-state index in [0.29, 0.717) is 18.2 Å². The van der Waals surface area contributed by atoms with Crippen molar-refractivity contribution >= 4 is 6.09 Å². The second-order valence-corrected chi connectivity index (χ2v) is 4.27. The Morgan fingerprint density at radius 1 is 1.33 bits per heavy atom. The maximum atomic E-state index is 11.7. The number of carbonyl (C=O) groups excluding carboxylic acids is 1. The average molecular weight is 254 g/mol. The molecular formula is C13H22N2O3. The summed E-state index contributed by atoms with van der Waals surface area (Å²) in [6.07, 6.45) is 5.22. The van der Waals surface area contributed by atoms with Crippen LogP contribution in [0.1, 0.15) is 44.7 Å². The van der Waals surface area contributed by atoms with Gasteiger partial charge in [-0.1, -0.05) is 32.6 Å². The Bertz CT molecular complexity index is 374. The molecule has 0 bridgehead atoms. The first kappa shape index (κ1) is 14.5. The van der Waals surface area contributed by atoms with Gasteiger partial charge < -0.3 is 9.47 Å². The van der Waals surface area contributed by atoms with Gasteiger partial charge in [-0.05, 0) is 13.3 Å². The molecule has 0 saturated heterocycles. The van der Waals surface area contributed by atoms with Gasteiger partial charge in [-0.25, -0.2) is 4.79 Å². The molecule has 0 unspecified atom stereocenters. The number of unbranched alkanes of at least 4 members (excludes halogenated alkanes) is 4. The Hall–Kier alpha value is -1.52. The van der Waals surface area contributed by atoms with Gasteiger partial charge >= 0.3 is 6.09 Å². The molecule has 0 aliphatic rings. The normalized spacial score (nSPS) is 10.4. The van der Waals surface area contributed by atoms with E-state index < -0.39 is 6.09 Å². The number of hydrogen-bond donors (Lipinski definition) is 0. The smallest absolute Gasteiger partial charge is 0.435 e. The van der Waals surface area contributed by atoms with Gasteiger partial charge in [-0.3, -0.25) is 0 Å². The van der Waals surface area contributed by atoms with Gasteiger partial charge in [0.15, 0.2) is 0 Å². The Balaban J connectivity index is 2.29. The van der Waals surface area contributed by atoms with Crippen LogP contribution < -0.4 is 4.74 Å². The largest absolute Gasteiger partial charge is 0.480 e. The molecule has 0 fully saturated rings. The molecule has 1 aromatic rings. The minimum atomic E-state index is -0.439. The summed E-state index contributed by atoms with van der Waals surface area (Å²) in [5.74, 6) is 0.424. The Labute approximate surface area is 108 Å². The van der Waals surface area contributed by atoms with Gasteiger partial charge in [0.2, 0.25) is 5.88 Å². The Morgan fingerprint density at radius 3 is 2.67 bits per heavy atom. The summed E-state index contributed by atoms with van der Waals surface area (Å²) < 4.78 is 11.3. The van der Waals surface area contributed by atoms with E-state index in [1.165, 1.54) is 31.1 Å². The molecule has 0 radical (unpaired) electrons. The third-order valence-corrected chi connectivity index (χ3v) is 2.72. The van der Waals surface area contributed by atoms with E-state index in [-0.39, 0.29) is 0 Å². The van der Waals surface area contributed by atoms with Crippen LogP contribution in [0.25, 0.3) is 0 Å². The Kier molecular flexibility index (Phi) is 6.25. The van der Waals surface area contributed by atoms with Crippen LogP contribution in [-0.2, 0) is 4.74 Å². The molecule has 1 aromatic heterocycles. The average Bonchev–Trinajstić information content (AvgIpc) is 2.75. The molecule has 0 spiro atoms. The highest BCUT2D eigenvalue weighted by Gasteiger charge is 2.12. The predicted octanol–water partition coefficient (Wildman–Crippen LogP) is 3.16. The zero-order valence-electron chi connectivity index (χ0n) is 11.4. The highest BCUT2D eigenvalue weighted by Crippen LogP contribution is 2.10. The quantitative estimate of drug-likeness (QED) is 0.701. The van der Waals surface area contributed by atoms with Crippen LogP contribution in [0.15, 0.2) is 6.07 Å². The fourth-order valence-electron chi connectivity index (χ4n) is 1.66. The number of aromatic nitrogens is 2. The first-order valence-electron chi connectivity index (χ1n) is 6.46. The van der Waals surface area contributed by atoms with E-state index >= 15 is 0 Å². The molecule has 0 saturated carbocycles. The number of carbonyl (C=O) groups is 1. The van der Waals surface area contributed by atoms with Gasteiger partial charge in [-0.15, -0.1) is 5.10 Å². The second-order valence-electron chi connectivity index (χ2n) is 4.27. The fourth-order valence-corrected chi connectivity index (χ4v) is 1.66. The van der Waals surface area contributed by atoms with Gasteiger partial charge in [0, 0.05) is 6.07 Å². The van der Waals surface area contributed by atoms with Crippen LogP contribution >= 0.6 is 0 Å². The van der Waals surface area contributed by atoms with E-state index in [2.05, 4.69) is 12.0 Å². The van der Waals surface area contributed by atoms with Gasteiger partial charge in [0.05, 0.1) is 19.4 Å². The zero-order chi connectivity index (χ0) is 13.4. The van der Waals surface area contributed by atoms with E-state index in [1.54, 1.807) is 13.0 Å². The maximum Gasteiger partial charge on any atom is 0.435 e. The fraction of sp³-hybridized carbons (Fsp3) is 0.692. The molecule has 0 atom stereocenters. The minimum Gasteiger partial charge on any atom is -0.480 e. The lowest BCUT2D eigenvalue weighted by Gasteiger charge is -2.05. The minimum absolute atomic E-state index is 0.424. The van der Waals surface area contributed by atoms with E-state index in [9.17, 15) is 4.79 Å². The number of methoxy groups -OCH3 is 1. The first-order chi connectivity index (χ1) is 8.69. The van der Waals surface area contributed by atoms with Crippen molar-refractivity contribution in [3.05, 3.63) is 11.8 Å². The number of aryl methyl sites for hydroxylation is 1.